The van der Waals surface area contributed by atoms with Crippen LogP contribution >= 0.6 is 0 Å². The number of hydrogen-bond donors (Lipinski definition) is 1. The summed E-state index contributed by atoms with van der Waals surface area (Å²) in [6, 6.07) is 3.51. The minimum Gasteiger partial charge on any atom is -0.349 e. The Morgan fingerprint density at radius 1 is 1.36 bits per heavy atom. The monoisotopic (exact) mass is 324 g/mol. The van der Waals surface area contributed by atoms with Crippen LogP contribution in [-0.2, 0) is 14.6 Å². The Hall–Kier alpha value is -1.89. The topological polar surface area (TPSA) is 66.5 Å². The zero-order valence-corrected chi connectivity index (χ0v) is 13.2. The van der Waals surface area contributed by atoms with Gasteiger partial charge in [-0.25, -0.2) is 12.8 Å². The summed E-state index contributed by atoms with van der Waals surface area (Å²) in [5, 5.41) is 2.63. The van der Waals surface area contributed by atoms with Gasteiger partial charge in [-0.15, -0.1) is 0 Å². The molecule has 22 heavy (non-hydrogen) atoms. The highest BCUT2D eigenvalue weighted by molar-refractivity contribution is 7.96. The highest BCUT2D eigenvalue weighted by Crippen LogP contribution is 2.43. The Balaban J connectivity index is 2.22. The zero-order valence-electron chi connectivity index (χ0n) is 12.4. The molecule has 7 heteroatoms. The molecule has 1 aromatic rings. The molecule has 3 rings (SSSR count). The number of anilines is 1. The lowest BCUT2D eigenvalue weighted by molar-refractivity contribution is -0.117. The highest BCUT2D eigenvalue weighted by atomic mass is 32.2. The van der Waals surface area contributed by atoms with Crippen molar-refractivity contribution in [2.75, 3.05) is 11.4 Å². The van der Waals surface area contributed by atoms with E-state index in [1.165, 1.54) is 12.1 Å². The third kappa shape index (κ3) is 2.20. The quantitative estimate of drug-likeness (QED) is 0.903. The van der Waals surface area contributed by atoms with Crippen molar-refractivity contribution in [1.82, 2.24) is 5.32 Å². The molecule has 118 valence electrons. The maximum absolute atomic E-state index is 13.5. The average molecular weight is 324 g/mol. The molecule has 1 amide bonds. The van der Waals surface area contributed by atoms with E-state index in [2.05, 4.69) is 5.32 Å². The maximum atomic E-state index is 13.5. The molecule has 5 nitrogen and oxygen atoms in total. The second kappa shape index (κ2) is 5.08. The number of nitrogens with zero attached hydrogens (tertiary/aromatic N) is 1. The molecule has 0 atom stereocenters. The van der Waals surface area contributed by atoms with Crippen LogP contribution in [0.4, 0.5) is 10.1 Å². The molecule has 1 saturated heterocycles. The van der Waals surface area contributed by atoms with Crippen molar-refractivity contribution < 1.29 is 17.6 Å². The Kier molecular flexibility index (Phi) is 3.47. The Labute approximate surface area is 128 Å². The summed E-state index contributed by atoms with van der Waals surface area (Å²) in [6.45, 7) is 4.15. The predicted molar refractivity (Wildman–Crippen MR) is 80.5 cm³/mol. The van der Waals surface area contributed by atoms with E-state index < -0.39 is 21.6 Å². The maximum Gasteiger partial charge on any atom is 0.265 e. The van der Waals surface area contributed by atoms with Gasteiger partial charge in [-0.2, -0.15) is 0 Å². The van der Waals surface area contributed by atoms with E-state index in [1.807, 2.05) is 4.90 Å². The minimum atomic E-state index is -4.02. The first-order valence-electron chi connectivity index (χ1n) is 7.18. The fourth-order valence-electron chi connectivity index (χ4n) is 2.95. The predicted octanol–water partition coefficient (Wildman–Crippen LogP) is 1.95. The smallest absolute Gasteiger partial charge is 0.265 e. The number of rotatable bonds is 2. The number of fused-ring (bicyclic) bond motifs is 3. The molecule has 1 fully saturated rings. The zero-order chi connectivity index (χ0) is 16.1. The molecule has 0 bridgehead atoms. The fourth-order valence-corrected chi connectivity index (χ4v) is 4.72. The van der Waals surface area contributed by atoms with Crippen molar-refractivity contribution in [3.8, 4) is 0 Å². The van der Waals surface area contributed by atoms with Crippen molar-refractivity contribution >= 4 is 21.4 Å². The number of amides is 1. The van der Waals surface area contributed by atoms with Gasteiger partial charge in [-0.05, 0) is 44.9 Å². The van der Waals surface area contributed by atoms with Gasteiger partial charge in [0.15, 0.2) is 4.91 Å². The molecule has 1 N–H and O–H groups in total. The number of nitrogens with one attached hydrogen (secondary N) is 1. The van der Waals surface area contributed by atoms with E-state index in [9.17, 15) is 17.6 Å². The highest BCUT2D eigenvalue weighted by Gasteiger charge is 2.42. The summed E-state index contributed by atoms with van der Waals surface area (Å²) < 4.78 is 39.1. The lowest BCUT2D eigenvalue weighted by Gasteiger charge is -2.30. The SMILES string of the molecule is CC(C)NC(=O)C1=C2CCCN2c2ccc(F)cc2S1(=O)=O. The van der Waals surface area contributed by atoms with E-state index in [4.69, 9.17) is 0 Å². The van der Waals surface area contributed by atoms with Gasteiger partial charge in [0.05, 0.1) is 10.6 Å². The molecule has 0 unspecified atom stereocenters. The fraction of sp³-hybridized carbons (Fsp3) is 0.400. The average Bonchev–Trinajstić information content (AvgIpc) is 2.86. The van der Waals surface area contributed by atoms with Crippen molar-refractivity contribution in [3.05, 3.63) is 34.6 Å². The van der Waals surface area contributed by atoms with E-state index >= 15 is 0 Å². The number of sulfone groups is 1. The van der Waals surface area contributed by atoms with Gasteiger partial charge in [0, 0.05) is 18.3 Å². The Morgan fingerprint density at radius 2 is 2.09 bits per heavy atom. The van der Waals surface area contributed by atoms with Crippen LogP contribution in [0.1, 0.15) is 26.7 Å². The first-order chi connectivity index (χ1) is 10.3. The molecule has 2 aliphatic heterocycles. The Bertz CT molecular complexity index is 784. The van der Waals surface area contributed by atoms with Crippen LogP contribution in [0.5, 0.6) is 0 Å². The third-order valence-electron chi connectivity index (χ3n) is 3.78. The van der Waals surface area contributed by atoms with Gasteiger partial charge in [0.25, 0.3) is 5.91 Å². The first-order valence-corrected chi connectivity index (χ1v) is 8.67. The second-order valence-corrected chi connectivity index (χ2v) is 7.63. The van der Waals surface area contributed by atoms with E-state index in [-0.39, 0.29) is 15.8 Å². The molecular formula is C15H17FN2O3S. The minimum absolute atomic E-state index is 0.132. The lowest BCUT2D eigenvalue weighted by atomic mass is 10.2. The summed E-state index contributed by atoms with van der Waals surface area (Å²) >= 11 is 0. The normalized spacial score (nSPS) is 19.2. The first kappa shape index (κ1) is 15.0. The summed E-state index contributed by atoms with van der Waals surface area (Å²) in [7, 11) is -4.02. The van der Waals surface area contributed by atoms with Crippen molar-refractivity contribution in [3.63, 3.8) is 0 Å². The second-order valence-electron chi connectivity index (χ2n) is 5.77. The number of benzene rings is 1. The molecule has 0 radical (unpaired) electrons. The summed E-state index contributed by atoms with van der Waals surface area (Å²) in [5.74, 6) is -1.25. The van der Waals surface area contributed by atoms with Crippen LogP contribution in [0, 0.1) is 5.82 Å². The molecule has 0 aromatic heterocycles. The number of allylic oxidation sites excluding steroid dienone is 1. The molecule has 0 spiro atoms. The van der Waals surface area contributed by atoms with Crippen LogP contribution in [0.25, 0.3) is 0 Å². The van der Waals surface area contributed by atoms with E-state index in [0.29, 0.717) is 24.4 Å². The molecular weight excluding hydrogens is 307 g/mol. The molecule has 2 heterocycles. The molecule has 1 aromatic carbocycles. The van der Waals surface area contributed by atoms with Gasteiger partial charge >= 0.3 is 0 Å². The number of carbonyl (C=O) groups excluding carboxylic acids is 1. The van der Waals surface area contributed by atoms with Crippen LogP contribution in [-0.4, -0.2) is 26.9 Å². The standard InChI is InChI=1S/C15H17FN2O3S/c1-9(2)17-15(19)14-12-4-3-7-18(12)11-6-5-10(16)8-13(11)22(14,20)21/h5-6,8-9H,3-4,7H2,1-2H3,(H,17,19). The largest absolute Gasteiger partial charge is 0.349 e. The number of carbonyl (C=O) groups is 1. The van der Waals surface area contributed by atoms with Gasteiger partial charge in [-0.3, -0.25) is 4.79 Å². The summed E-state index contributed by atoms with van der Waals surface area (Å²) in [5.41, 5.74) is 0.965. The summed E-state index contributed by atoms with van der Waals surface area (Å²) in [4.78, 5) is 13.8. The van der Waals surface area contributed by atoms with E-state index in [0.717, 1.165) is 12.5 Å². The van der Waals surface area contributed by atoms with Crippen LogP contribution in [0.15, 0.2) is 33.7 Å². The number of hydrogen-bond acceptors (Lipinski definition) is 4. The van der Waals surface area contributed by atoms with Gasteiger partial charge in [-0.1, -0.05) is 0 Å². The lowest BCUT2D eigenvalue weighted by Crippen LogP contribution is -2.38. The van der Waals surface area contributed by atoms with E-state index in [1.54, 1.807) is 13.8 Å². The third-order valence-corrected chi connectivity index (χ3v) is 5.64. The molecule has 2 aliphatic rings. The van der Waals surface area contributed by atoms with Crippen LogP contribution in [0.3, 0.4) is 0 Å². The van der Waals surface area contributed by atoms with Gasteiger partial charge < -0.3 is 10.2 Å². The van der Waals surface area contributed by atoms with Gasteiger partial charge in [0.2, 0.25) is 9.84 Å². The Morgan fingerprint density at radius 3 is 2.77 bits per heavy atom. The van der Waals surface area contributed by atoms with Crippen LogP contribution < -0.4 is 10.2 Å². The molecule has 0 aliphatic carbocycles. The van der Waals surface area contributed by atoms with Crippen molar-refractivity contribution in [1.29, 1.82) is 0 Å². The van der Waals surface area contributed by atoms with Crippen molar-refractivity contribution in [2.24, 2.45) is 0 Å². The molecule has 0 saturated carbocycles. The number of halogens is 1. The van der Waals surface area contributed by atoms with Gasteiger partial charge in [0.1, 0.15) is 5.82 Å². The van der Waals surface area contributed by atoms with Crippen LogP contribution in [0.2, 0.25) is 0 Å². The summed E-state index contributed by atoms with van der Waals surface area (Å²) in [6.07, 6.45) is 1.29. The van der Waals surface area contributed by atoms with Crippen molar-refractivity contribution in [2.45, 2.75) is 37.6 Å².